The van der Waals surface area contributed by atoms with E-state index in [1.54, 1.807) is 48.5 Å². The van der Waals surface area contributed by atoms with Crippen molar-refractivity contribution in [3.8, 4) is 11.8 Å². The van der Waals surface area contributed by atoms with E-state index in [4.69, 9.17) is 10.00 Å². The van der Waals surface area contributed by atoms with Gasteiger partial charge in [-0.05, 0) is 55.0 Å². The minimum absolute atomic E-state index is 0.170. The molecule has 0 aliphatic rings. The fourth-order valence-electron chi connectivity index (χ4n) is 3.32. The average Bonchev–Trinajstić information content (AvgIpc) is 2.78. The second kappa shape index (κ2) is 13.7. The Morgan fingerprint density at radius 2 is 1.35 bits per heavy atom. The summed E-state index contributed by atoms with van der Waals surface area (Å²) in [5, 5.41) is 8.82. The highest BCUT2D eigenvalue weighted by Gasteiger charge is 2.14. The normalized spacial score (nSPS) is 11.1. The van der Waals surface area contributed by atoms with E-state index in [1.165, 1.54) is 51.4 Å². The maximum Gasteiger partial charge on any atom is 0.261 e. The zero-order valence-electron chi connectivity index (χ0n) is 18.5. The van der Waals surface area contributed by atoms with E-state index in [0.29, 0.717) is 23.6 Å². The van der Waals surface area contributed by atoms with Gasteiger partial charge in [-0.25, -0.2) is 8.42 Å². The van der Waals surface area contributed by atoms with Crippen molar-refractivity contribution in [2.75, 3.05) is 11.3 Å². The minimum atomic E-state index is -3.68. The number of unbranched alkanes of at least 4 members (excludes halogenated alkanes) is 9. The molecule has 0 aromatic heterocycles. The minimum Gasteiger partial charge on any atom is -0.494 e. The molecule has 2 aromatic rings. The monoisotopic (exact) mass is 442 g/mol. The smallest absolute Gasteiger partial charge is 0.261 e. The van der Waals surface area contributed by atoms with E-state index in [9.17, 15) is 8.42 Å². The van der Waals surface area contributed by atoms with Crippen LogP contribution in [-0.4, -0.2) is 15.0 Å². The summed E-state index contributed by atoms with van der Waals surface area (Å²) >= 11 is 0. The number of hydrogen-bond donors (Lipinski definition) is 1. The highest BCUT2D eigenvalue weighted by atomic mass is 32.2. The summed E-state index contributed by atoms with van der Waals surface area (Å²) in [6.07, 6.45) is 12.8. The molecule has 0 spiro atoms. The van der Waals surface area contributed by atoms with Gasteiger partial charge in [0, 0.05) is 5.69 Å². The molecule has 0 saturated heterocycles. The van der Waals surface area contributed by atoms with E-state index in [0.717, 1.165) is 12.8 Å². The molecule has 6 heteroatoms. The van der Waals surface area contributed by atoms with Gasteiger partial charge in [-0.3, -0.25) is 4.72 Å². The van der Waals surface area contributed by atoms with Crippen LogP contribution in [0.2, 0.25) is 0 Å². The highest BCUT2D eigenvalue weighted by Crippen LogP contribution is 2.20. The van der Waals surface area contributed by atoms with Gasteiger partial charge < -0.3 is 4.74 Å². The molecule has 0 atom stereocenters. The summed E-state index contributed by atoms with van der Waals surface area (Å²) in [6, 6.07) is 14.7. The van der Waals surface area contributed by atoms with Crippen molar-refractivity contribution < 1.29 is 13.2 Å². The van der Waals surface area contributed by atoms with E-state index in [-0.39, 0.29) is 4.90 Å². The van der Waals surface area contributed by atoms with Crippen LogP contribution in [-0.2, 0) is 10.0 Å². The van der Waals surface area contributed by atoms with Crippen LogP contribution in [0.1, 0.15) is 76.7 Å². The number of anilines is 1. The van der Waals surface area contributed by atoms with Gasteiger partial charge in [-0.2, -0.15) is 5.26 Å². The molecule has 0 saturated carbocycles. The van der Waals surface area contributed by atoms with Crippen molar-refractivity contribution in [2.24, 2.45) is 0 Å². The Morgan fingerprint density at radius 3 is 1.90 bits per heavy atom. The first-order valence-corrected chi connectivity index (χ1v) is 12.8. The molecule has 0 radical (unpaired) electrons. The van der Waals surface area contributed by atoms with Crippen LogP contribution < -0.4 is 9.46 Å². The molecule has 0 amide bonds. The largest absolute Gasteiger partial charge is 0.494 e. The first-order valence-electron chi connectivity index (χ1n) is 11.3. The molecule has 0 fully saturated rings. The van der Waals surface area contributed by atoms with Gasteiger partial charge in [0.15, 0.2) is 0 Å². The molecule has 0 heterocycles. The summed E-state index contributed by atoms with van der Waals surface area (Å²) in [5.74, 6) is 0.674. The Morgan fingerprint density at radius 1 is 0.806 bits per heavy atom. The summed E-state index contributed by atoms with van der Waals surface area (Å²) in [6.45, 7) is 2.89. The Balaban J connectivity index is 1.66. The molecule has 1 N–H and O–H groups in total. The standard InChI is InChI=1S/C25H34N2O3S/c1-2-3-4-5-6-7-8-9-10-11-20-30-24-16-18-25(19-17-24)31(28,29)27-23-14-12-22(21-26)13-15-23/h12-19,27H,2-11,20H2,1H3. The Bertz CT molecular complexity index is 901. The van der Waals surface area contributed by atoms with E-state index < -0.39 is 10.0 Å². The van der Waals surface area contributed by atoms with E-state index >= 15 is 0 Å². The quantitative estimate of drug-likeness (QED) is 0.313. The predicted molar refractivity (Wildman–Crippen MR) is 126 cm³/mol. The fraction of sp³-hybridized carbons (Fsp3) is 0.480. The van der Waals surface area contributed by atoms with Crippen LogP contribution in [0, 0.1) is 11.3 Å². The maximum atomic E-state index is 12.5. The molecule has 31 heavy (non-hydrogen) atoms. The van der Waals surface area contributed by atoms with Gasteiger partial charge in [-0.1, -0.05) is 64.7 Å². The van der Waals surface area contributed by atoms with Crippen molar-refractivity contribution >= 4 is 15.7 Å². The predicted octanol–water partition coefficient (Wildman–Crippen LogP) is 6.66. The van der Waals surface area contributed by atoms with Crippen LogP contribution in [0.25, 0.3) is 0 Å². The van der Waals surface area contributed by atoms with Crippen LogP contribution >= 0.6 is 0 Å². The molecule has 0 aliphatic heterocycles. The summed E-state index contributed by atoms with van der Waals surface area (Å²) < 4.78 is 33.3. The number of sulfonamides is 1. The third-order valence-corrected chi connectivity index (χ3v) is 6.56. The molecule has 0 unspecified atom stereocenters. The molecular formula is C25H34N2O3S. The number of nitrogens with zero attached hydrogens (tertiary/aromatic N) is 1. The topological polar surface area (TPSA) is 79.2 Å². The van der Waals surface area contributed by atoms with Crippen molar-refractivity contribution in [3.63, 3.8) is 0 Å². The lowest BCUT2D eigenvalue weighted by Crippen LogP contribution is -2.12. The first-order chi connectivity index (χ1) is 15.0. The Labute approximate surface area is 187 Å². The van der Waals surface area contributed by atoms with Crippen LogP contribution in [0.5, 0.6) is 5.75 Å². The number of ether oxygens (including phenoxy) is 1. The van der Waals surface area contributed by atoms with Crippen LogP contribution in [0.15, 0.2) is 53.4 Å². The van der Waals surface area contributed by atoms with Crippen molar-refractivity contribution in [1.82, 2.24) is 0 Å². The van der Waals surface area contributed by atoms with E-state index in [1.807, 2.05) is 6.07 Å². The lowest BCUT2D eigenvalue weighted by Gasteiger charge is -2.10. The summed E-state index contributed by atoms with van der Waals surface area (Å²) in [7, 11) is -3.68. The van der Waals surface area contributed by atoms with Crippen molar-refractivity contribution in [2.45, 2.75) is 76.0 Å². The third kappa shape index (κ3) is 9.44. The van der Waals surface area contributed by atoms with Gasteiger partial charge >= 0.3 is 0 Å². The zero-order chi connectivity index (χ0) is 22.4. The van der Waals surface area contributed by atoms with Gasteiger partial charge in [0.1, 0.15) is 5.75 Å². The molecule has 0 aliphatic carbocycles. The number of nitriles is 1. The van der Waals surface area contributed by atoms with Crippen LogP contribution in [0.4, 0.5) is 5.69 Å². The number of nitrogens with one attached hydrogen (secondary N) is 1. The van der Waals surface area contributed by atoms with Crippen LogP contribution in [0.3, 0.4) is 0 Å². The summed E-state index contributed by atoms with van der Waals surface area (Å²) in [5.41, 5.74) is 0.896. The second-order valence-electron chi connectivity index (χ2n) is 7.80. The maximum absolute atomic E-state index is 12.5. The number of benzene rings is 2. The van der Waals surface area contributed by atoms with E-state index in [2.05, 4.69) is 11.6 Å². The van der Waals surface area contributed by atoms with Gasteiger partial charge in [0.05, 0.1) is 23.1 Å². The fourth-order valence-corrected chi connectivity index (χ4v) is 4.38. The number of hydrogen-bond acceptors (Lipinski definition) is 4. The van der Waals surface area contributed by atoms with Gasteiger partial charge in [0.2, 0.25) is 0 Å². The summed E-state index contributed by atoms with van der Waals surface area (Å²) in [4.78, 5) is 0.170. The Kier molecular flexibility index (Phi) is 10.9. The molecular weight excluding hydrogens is 408 g/mol. The van der Waals surface area contributed by atoms with Crippen molar-refractivity contribution in [3.05, 3.63) is 54.1 Å². The van der Waals surface area contributed by atoms with Crippen molar-refractivity contribution in [1.29, 1.82) is 5.26 Å². The molecule has 2 aromatic carbocycles. The lowest BCUT2D eigenvalue weighted by atomic mass is 10.1. The van der Waals surface area contributed by atoms with Gasteiger partial charge in [0.25, 0.3) is 10.0 Å². The molecule has 0 bridgehead atoms. The third-order valence-electron chi connectivity index (χ3n) is 5.17. The molecule has 2 rings (SSSR count). The molecule has 168 valence electrons. The highest BCUT2D eigenvalue weighted by molar-refractivity contribution is 7.92. The molecule has 5 nitrogen and oxygen atoms in total. The SMILES string of the molecule is CCCCCCCCCCCCOc1ccc(S(=O)(=O)Nc2ccc(C#N)cc2)cc1. The Hall–Kier alpha value is -2.52. The van der Waals surface area contributed by atoms with Gasteiger partial charge in [-0.15, -0.1) is 0 Å². The first kappa shape index (κ1) is 24.7. The lowest BCUT2D eigenvalue weighted by molar-refractivity contribution is 0.304. The number of rotatable bonds is 15. The zero-order valence-corrected chi connectivity index (χ0v) is 19.3. The second-order valence-corrected chi connectivity index (χ2v) is 9.48. The average molecular weight is 443 g/mol.